The van der Waals surface area contributed by atoms with Crippen molar-refractivity contribution in [1.29, 1.82) is 0 Å². The lowest BCUT2D eigenvalue weighted by molar-refractivity contribution is -0.107. The number of carbonyl (C=O) groups excluding carboxylic acids is 1. The van der Waals surface area contributed by atoms with E-state index in [0.29, 0.717) is 17.7 Å². The van der Waals surface area contributed by atoms with E-state index in [4.69, 9.17) is 11.6 Å². The van der Waals surface area contributed by atoms with Gasteiger partial charge in [0, 0.05) is 18.1 Å². The molecular weight excluding hydrogens is 200 g/mol. The molecule has 0 aliphatic heterocycles. The molecule has 14 heavy (non-hydrogen) atoms. The van der Waals surface area contributed by atoms with Crippen LogP contribution in [0.1, 0.15) is 18.4 Å². The monoisotopic (exact) mass is 210 g/mol. The molecular formula is C10H11ClN2O. The maximum Gasteiger partial charge on any atom is 0.215 e. The molecule has 1 aromatic rings. The van der Waals surface area contributed by atoms with Crippen molar-refractivity contribution in [1.82, 2.24) is 4.98 Å². The molecule has 1 aromatic heterocycles. The van der Waals surface area contributed by atoms with Gasteiger partial charge in [-0.2, -0.15) is 0 Å². The molecule has 0 spiro atoms. The van der Waals surface area contributed by atoms with Gasteiger partial charge in [-0.15, -0.1) is 11.6 Å². The van der Waals surface area contributed by atoms with Gasteiger partial charge in [0.15, 0.2) is 0 Å². The highest BCUT2D eigenvalue weighted by atomic mass is 35.5. The minimum absolute atomic E-state index is 0.352. The van der Waals surface area contributed by atoms with Gasteiger partial charge < -0.3 is 0 Å². The molecule has 0 atom stereocenters. The number of anilines is 1. The molecule has 3 nitrogen and oxygen atoms in total. The molecule has 0 aromatic carbocycles. The molecule has 0 radical (unpaired) electrons. The fourth-order valence-corrected chi connectivity index (χ4v) is 1.53. The Morgan fingerprint density at radius 2 is 2.43 bits per heavy atom. The van der Waals surface area contributed by atoms with Crippen LogP contribution in [0.2, 0.25) is 0 Å². The van der Waals surface area contributed by atoms with E-state index in [0.717, 1.165) is 24.8 Å². The van der Waals surface area contributed by atoms with Crippen molar-refractivity contribution in [3.05, 3.63) is 23.9 Å². The van der Waals surface area contributed by atoms with Crippen molar-refractivity contribution in [3.63, 3.8) is 0 Å². The SMILES string of the molecule is O=CN(c1cc(CCl)ccn1)C1CC1. The van der Waals surface area contributed by atoms with Gasteiger partial charge in [-0.05, 0) is 30.5 Å². The van der Waals surface area contributed by atoms with Crippen molar-refractivity contribution in [2.45, 2.75) is 24.8 Å². The second kappa shape index (κ2) is 3.96. The highest BCUT2D eigenvalue weighted by Gasteiger charge is 2.29. The van der Waals surface area contributed by atoms with Crippen LogP contribution in [0, 0.1) is 0 Å². The summed E-state index contributed by atoms with van der Waals surface area (Å²) in [4.78, 5) is 16.7. The van der Waals surface area contributed by atoms with Crippen LogP contribution < -0.4 is 4.90 Å². The third kappa shape index (κ3) is 1.87. The molecule has 0 bridgehead atoms. The molecule has 0 N–H and O–H groups in total. The van der Waals surface area contributed by atoms with Crippen molar-refractivity contribution in [3.8, 4) is 0 Å². The van der Waals surface area contributed by atoms with Crippen LogP contribution in [0.3, 0.4) is 0 Å². The Balaban J connectivity index is 2.24. The number of rotatable bonds is 4. The normalized spacial score (nSPS) is 15.2. The van der Waals surface area contributed by atoms with Crippen LogP contribution >= 0.6 is 11.6 Å². The first-order valence-corrected chi connectivity index (χ1v) is 5.13. The van der Waals surface area contributed by atoms with E-state index in [1.165, 1.54) is 0 Å². The van der Waals surface area contributed by atoms with E-state index in [-0.39, 0.29) is 0 Å². The van der Waals surface area contributed by atoms with Crippen LogP contribution in [-0.4, -0.2) is 17.4 Å². The summed E-state index contributed by atoms with van der Waals surface area (Å²) in [5.41, 5.74) is 0.990. The minimum Gasteiger partial charge on any atom is -0.296 e. The Labute approximate surface area is 87.7 Å². The largest absolute Gasteiger partial charge is 0.296 e. The Kier molecular flexibility index (Phi) is 2.68. The third-order valence-electron chi connectivity index (χ3n) is 2.28. The standard InChI is InChI=1S/C10H11ClN2O/c11-6-8-3-4-12-10(5-8)13(7-14)9-1-2-9/h3-5,7,9H,1-2,6H2. The molecule has 4 heteroatoms. The van der Waals surface area contributed by atoms with Crippen molar-refractivity contribution in [2.75, 3.05) is 4.90 Å². The molecule has 1 amide bonds. The molecule has 74 valence electrons. The quantitative estimate of drug-likeness (QED) is 0.562. The Hall–Kier alpha value is -1.09. The number of carbonyl (C=O) groups is 1. The van der Waals surface area contributed by atoms with Gasteiger partial charge in [0.2, 0.25) is 6.41 Å². The number of hydrogen-bond acceptors (Lipinski definition) is 2. The first-order chi connectivity index (χ1) is 6.85. The summed E-state index contributed by atoms with van der Waals surface area (Å²) in [5, 5.41) is 0. The fraction of sp³-hybridized carbons (Fsp3) is 0.400. The van der Waals surface area contributed by atoms with Crippen molar-refractivity contribution in [2.24, 2.45) is 0 Å². The average Bonchev–Trinajstić information content (AvgIpc) is 3.04. The summed E-state index contributed by atoms with van der Waals surface area (Å²) < 4.78 is 0. The van der Waals surface area contributed by atoms with Crippen molar-refractivity contribution < 1.29 is 4.79 Å². The average molecular weight is 211 g/mol. The van der Waals surface area contributed by atoms with Crippen LogP contribution in [0.4, 0.5) is 5.82 Å². The number of alkyl halides is 1. The van der Waals surface area contributed by atoms with E-state index in [1.807, 2.05) is 12.1 Å². The number of aromatic nitrogens is 1. The summed E-state index contributed by atoms with van der Waals surface area (Å²) in [6.45, 7) is 0. The predicted octanol–water partition coefficient (Wildman–Crippen LogP) is 1.95. The topological polar surface area (TPSA) is 33.2 Å². The molecule has 1 fully saturated rings. The molecule has 2 rings (SSSR count). The highest BCUT2D eigenvalue weighted by molar-refractivity contribution is 6.17. The maximum atomic E-state index is 10.8. The predicted molar refractivity (Wildman–Crippen MR) is 55.4 cm³/mol. The summed E-state index contributed by atoms with van der Waals surface area (Å²) in [6, 6.07) is 4.07. The van der Waals surface area contributed by atoms with Crippen LogP contribution in [0.5, 0.6) is 0 Å². The smallest absolute Gasteiger partial charge is 0.215 e. The molecule has 0 saturated heterocycles. The fourth-order valence-electron chi connectivity index (χ4n) is 1.36. The first kappa shape index (κ1) is 9.46. The highest BCUT2D eigenvalue weighted by Crippen LogP contribution is 2.29. The van der Waals surface area contributed by atoms with E-state index in [2.05, 4.69) is 4.98 Å². The lowest BCUT2D eigenvalue weighted by Crippen LogP contribution is -2.24. The number of nitrogens with zero attached hydrogens (tertiary/aromatic N) is 2. The van der Waals surface area contributed by atoms with Crippen LogP contribution in [0.25, 0.3) is 0 Å². The first-order valence-electron chi connectivity index (χ1n) is 4.59. The van der Waals surface area contributed by atoms with Gasteiger partial charge in [0.05, 0.1) is 0 Å². The lowest BCUT2D eigenvalue weighted by Gasteiger charge is -2.15. The molecule has 1 saturated carbocycles. The summed E-state index contributed by atoms with van der Waals surface area (Å²) in [5.74, 6) is 1.16. The van der Waals surface area contributed by atoms with Gasteiger partial charge in [-0.3, -0.25) is 9.69 Å². The van der Waals surface area contributed by atoms with E-state index in [9.17, 15) is 4.79 Å². The lowest BCUT2D eigenvalue weighted by atomic mass is 10.3. The summed E-state index contributed by atoms with van der Waals surface area (Å²) in [7, 11) is 0. The van der Waals surface area contributed by atoms with E-state index >= 15 is 0 Å². The third-order valence-corrected chi connectivity index (χ3v) is 2.59. The molecule has 0 unspecified atom stereocenters. The number of halogens is 1. The molecule has 1 heterocycles. The van der Waals surface area contributed by atoms with Crippen LogP contribution in [0.15, 0.2) is 18.3 Å². The summed E-state index contributed by atoms with van der Waals surface area (Å²) in [6.07, 6.45) is 4.68. The number of hydrogen-bond donors (Lipinski definition) is 0. The zero-order valence-corrected chi connectivity index (χ0v) is 8.44. The zero-order chi connectivity index (χ0) is 9.97. The molecule has 1 aliphatic carbocycles. The Morgan fingerprint density at radius 1 is 1.64 bits per heavy atom. The van der Waals surface area contributed by atoms with Gasteiger partial charge in [-0.25, -0.2) is 4.98 Å². The van der Waals surface area contributed by atoms with Gasteiger partial charge >= 0.3 is 0 Å². The number of amides is 1. The summed E-state index contributed by atoms with van der Waals surface area (Å²) >= 11 is 5.71. The second-order valence-electron chi connectivity index (χ2n) is 3.40. The molecule has 1 aliphatic rings. The Morgan fingerprint density at radius 3 is 3.00 bits per heavy atom. The van der Waals surface area contributed by atoms with Gasteiger partial charge in [0.1, 0.15) is 5.82 Å². The zero-order valence-electron chi connectivity index (χ0n) is 7.69. The van der Waals surface area contributed by atoms with Crippen molar-refractivity contribution >= 4 is 23.8 Å². The Bertz CT molecular complexity index is 339. The van der Waals surface area contributed by atoms with E-state index in [1.54, 1.807) is 11.1 Å². The maximum absolute atomic E-state index is 10.8. The van der Waals surface area contributed by atoms with Gasteiger partial charge in [-0.1, -0.05) is 0 Å². The van der Waals surface area contributed by atoms with E-state index < -0.39 is 0 Å². The minimum atomic E-state index is 0.352. The second-order valence-corrected chi connectivity index (χ2v) is 3.67. The number of pyridine rings is 1. The van der Waals surface area contributed by atoms with Crippen LogP contribution in [-0.2, 0) is 10.7 Å². The van der Waals surface area contributed by atoms with Gasteiger partial charge in [0.25, 0.3) is 0 Å².